The van der Waals surface area contributed by atoms with Crippen molar-refractivity contribution in [1.82, 2.24) is 9.62 Å². The van der Waals surface area contributed by atoms with E-state index in [1.807, 2.05) is 36.9 Å². The number of hydrogen-bond acceptors (Lipinski definition) is 3. The van der Waals surface area contributed by atoms with E-state index in [9.17, 15) is 4.79 Å². The first-order chi connectivity index (χ1) is 8.19. The van der Waals surface area contributed by atoms with Gasteiger partial charge < -0.3 is 4.90 Å². The Kier molecular flexibility index (Phi) is 6.00. The molecule has 1 rings (SSSR count). The Morgan fingerprint density at radius 1 is 1.29 bits per heavy atom. The quantitative estimate of drug-likeness (QED) is 0.675. The third-order valence-corrected chi connectivity index (χ3v) is 3.52. The predicted molar refractivity (Wildman–Crippen MR) is 77.0 cm³/mol. The standard InChI is InChI=1S/C12H16N2OS2/c1-3-14(4-2)12(16)17-13-11(15)10-8-6-5-7-9-10/h5-9H,3-4H2,1-2H3,(H,13,15). The molecule has 0 aliphatic carbocycles. The lowest BCUT2D eigenvalue weighted by Crippen LogP contribution is -2.30. The van der Waals surface area contributed by atoms with E-state index in [0.29, 0.717) is 9.88 Å². The highest BCUT2D eigenvalue weighted by Gasteiger charge is 2.09. The van der Waals surface area contributed by atoms with Gasteiger partial charge >= 0.3 is 0 Å². The van der Waals surface area contributed by atoms with Crippen LogP contribution in [0.4, 0.5) is 0 Å². The van der Waals surface area contributed by atoms with Crippen LogP contribution >= 0.6 is 24.2 Å². The fourth-order valence-corrected chi connectivity index (χ4v) is 2.35. The number of nitrogens with zero attached hydrogens (tertiary/aromatic N) is 1. The summed E-state index contributed by atoms with van der Waals surface area (Å²) in [6.07, 6.45) is 0. The minimum atomic E-state index is -0.120. The van der Waals surface area contributed by atoms with Gasteiger partial charge in [-0.3, -0.25) is 9.52 Å². The molecule has 3 nitrogen and oxygen atoms in total. The average molecular weight is 268 g/mol. The summed E-state index contributed by atoms with van der Waals surface area (Å²) in [5.41, 5.74) is 0.641. The molecule has 1 aromatic carbocycles. The van der Waals surface area contributed by atoms with Crippen LogP contribution in [0.25, 0.3) is 0 Å². The first-order valence-electron chi connectivity index (χ1n) is 5.50. The van der Waals surface area contributed by atoms with Crippen LogP contribution in [0.3, 0.4) is 0 Å². The molecule has 0 aliphatic heterocycles. The molecular formula is C12H16N2OS2. The van der Waals surface area contributed by atoms with E-state index in [2.05, 4.69) is 4.72 Å². The summed E-state index contributed by atoms with van der Waals surface area (Å²) in [5.74, 6) is -0.120. The largest absolute Gasteiger partial charge is 0.357 e. The second-order valence-electron chi connectivity index (χ2n) is 3.34. The van der Waals surface area contributed by atoms with Gasteiger partial charge in [0.2, 0.25) is 0 Å². The van der Waals surface area contributed by atoms with Gasteiger partial charge in [-0.25, -0.2) is 0 Å². The lowest BCUT2D eigenvalue weighted by Gasteiger charge is -2.20. The van der Waals surface area contributed by atoms with Crippen LogP contribution in [-0.2, 0) is 0 Å². The molecule has 0 bridgehead atoms. The van der Waals surface area contributed by atoms with Crippen molar-refractivity contribution in [3.05, 3.63) is 35.9 Å². The van der Waals surface area contributed by atoms with Gasteiger partial charge in [0.1, 0.15) is 0 Å². The average Bonchev–Trinajstić information content (AvgIpc) is 2.38. The third kappa shape index (κ3) is 4.36. The van der Waals surface area contributed by atoms with Crippen molar-refractivity contribution in [2.24, 2.45) is 0 Å². The summed E-state index contributed by atoms with van der Waals surface area (Å²) in [6.45, 7) is 5.78. The third-order valence-electron chi connectivity index (χ3n) is 2.29. The van der Waals surface area contributed by atoms with Crippen LogP contribution in [0.2, 0.25) is 0 Å². The number of thiocarbonyl (C=S) groups is 1. The van der Waals surface area contributed by atoms with Crippen LogP contribution in [0, 0.1) is 0 Å². The Morgan fingerprint density at radius 2 is 1.88 bits per heavy atom. The van der Waals surface area contributed by atoms with Crippen molar-refractivity contribution in [1.29, 1.82) is 0 Å². The second kappa shape index (κ2) is 7.29. The molecule has 0 aliphatic rings. The zero-order valence-electron chi connectivity index (χ0n) is 9.97. The van der Waals surface area contributed by atoms with Crippen molar-refractivity contribution in [2.75, 3.05) is 13.1 Å². The molecule has 0 aromatic heterocycles. The number of nitrogens with one attached hydrogen (secondary N) is 1. The molecule has 0 saturated heterocycles. The Hall–Kier alpha value is -1.07. The van der Waals surface area contributed by atoms with Crippen LogP contribution in [0.15, 0.2) is 30.3 Å². The minimum absolute atomic E-state index is 0.120. The molecular weight excluding hydrogens is 252 g/mol. The number of rotatable bonds is 3. The van der Waals surface area contributed by atoms with Gasteiger partial charge in [0.05, 0.1) is 0 Å². The highest BCUT2D eigenvalue weighted by atomic mass is 32.2. The van der Waals surface area contributed by atoms with Gasteiger partial charge in [-0.15, -0.1) is 0 Å². The molecule has 1 N–H and O–H groups in total. The lowest BCUT2D eigenvalue weighted by molar-refractivity contribution is 0.0984. The summed E-state index contributed by atoms with van der Waals surface area (Å²) in [6, 6.07) is 9.10. The molecule has 1 amide bonds. The lowest BCUT2D eigenvalue weighted by atomic mass is 10.2. The van der Waals surface area contributed by atoms with Gasteiger partial charge in [-0.2, -0.15) is 0 Å². The van der Waals surface area contributed by atoms with Crippen molar-refractivity contribution in [3.63, 3.8) is 0 Å². The van der Waals surface area contributed by atoms with Gasteiger partial charge in [0, 0.05) is 30.6 Å². The number of amides is 1. The second-order valence-corrected chi connectivity index (χ2v) is 4.78. The number of benzene rings is 1. The van der Waals surface area contributed by atoms with E-state index in [4.69, 9.17) is 12.2 Å². The van der Waals surface area contributed by atoms with Crippen LogP contribution in [0.5, 0.6) is 0 Å². The number of hydrogen-bond donors (Lipinski definition) is 1. The van der Waals surface area contributed by atoms with Crippen molar-refractivity contribution in [3.8, 4) is 0 Å². The van der Waals surface area contributed by atoms with E-state index < -0.39 is 0 Å². The maximum Gasteiger partial charge on any atom is 0.261 e. The van der Waals surface area contributed by atoms with E-state index in [0.717, 1.165) is 13.1 Å². The highest BCUT2D eigenvalue weighted by Crippen LogP contribution is 2.07. The monoisotopic (exact) mass is 268 g/mol. The summed E-state index contributed by atoms with van der Waals surface area (Å²) in [7, 11) is 0. The van der Waals surface area contributed by atoms with Crippen LogP contribution in [-0.4, -0.2) is 28.2 Å². The van der Waals surface area contributed by atoms with Crippen LogP contribution < -0.4 is 4.72 Å². The fourth-order valence-electron chi connectivity index (χ4n) is 1.28. The first kappa shape index (κ1) is 14.0. The molecule has 0 unspecified atom stereocenters. The first-order valence-corrected chi connectivity index (χ1v) is 6.72. The number of carbonyl (C=O) groups excluding carboxylic acids is 1. The van der Waals surface area contributed by atoms with Gasteiger partial charge in [-0.05, 0) is 26.0 Å². The molecule has 0 fully saturated rings. The molecule has 5 heteroatoms. The van der Waals surface area contributed by atoms with E-state index in [-0.39, 0.29) is 5.91 Å². The van der Waals surface area contributed by atoms with Crippen molar-refractivity contribution in [2.45, 2.75) is 13.8 Å². The Bertz CT molecular complexity index is 377. The summed E-state index contributed by atoms with van der Waals surface area (Å²) in [4.78, 5) is 13.8. The summed E-state index contributed by atoms with van der Waals surface area (Å²) < 4.78 is 3.44. The summed E-state index contributed by atoms with van der Waals surface area (Å²) in [5, 5.41) is 0. The topological polar surface area (TPSA) is 32.3 Å². The van der Waals surface area contributed by atoms with E-state index in [1.165, 1.54) is 11.9 Å². The molecule has 0 spiro atoms. The van der Waals surface area contributed by atoms with Crippen molar-refractivity contribution < 1.29 is 4.79 Å². The van der Waals surface area contributed by atoms with Gasteiger partial charge in [0.25, 0.3) is 5.91 Å². The molecule has 0 saturated carbocycles. The number of carbonyl (C=O) groups is 1. The molecule has 0 radical (unpaired) electrons. The smallest absolute Gasteiger partial charge is 0.261 e. The van der Waals surface area contributed by atoms with E-state index in [1.54, 1.807) is 12.1 Å². The molecule has 0 heterocycles. The molecule has 1 aromatic rings. The predicted octanol–water partition coefficient (Wildman–Crippen LogP) is 2.69. The Morgan fingerprint density at radius 3 is 2.41 bits per heavy atom. The minimum Gasteiger partial charge on any atom is -0.357 e. The Labute approximate surface area is 112 Å². The zero-order valence-corrected chi connectivity index (χ0v) is 11.6. The maximum atomic E-state index is 11.7. The van der Waals surface area contributed by atoms with Crippen LogP contribution in [0.1, 0.15) is 24.2 Å². The fraction of sp³-hybridized carbons (Fsp3) is 0.333. The van der Waals surface area contributed by atoms with Gasteiger partial charge in [0.15, 0.2) is 4.32 Å². The highest BCUT2D eigenvalue weighted by molar-refractivity contribution is 8.22. The van der Waals surface area contributed by atoms with Crippen molar-refractivity contribution >= 4 is 34.4 Å². The summed E-state index contributed by atoms with van der Waals surface area (Å²) >= 11 is 6.41. The van der Waals surface area contributed by atoms with E-state index >= 15 is 0 Å². The molecule has 92 valence electrons. The zero-order chi connectivity index (χ0) is 12.7. The Balaban J connectivity index is 2.46. The van der Waals surface area contributed by atoms with Gasteiger partial charge in [-0.1, -0.05) is 30.4 Å². The molecule has 0 atom stereocenters. The SMILES string of the molecule is CCN(CC)C(=S)SNC(=O)c1ccccc1. The molecule has 17 heavy (non-hydrogen) atoms. The maximum absolute atomic E-state index is 11.7. The normalized spacial score (nSPS) is 9.76.